The number of esters is 1. The Morgan fingerprint density at radius 1 is 1.10 bits per heavy atom. The molecule has 0 spiro atoms. The number of carbonyl (C=O) groups is 1. The molecule has 0 saturated heterocycles. The highest BCUT2D eigenvalue weighted by Crippen LogP contribution is 2.34. The van der Waals surface area contributed by atoms with Crippen molar-refractivity contribution in [3.05, 3.63) is 89.4 Å². The number of benzene rings is 2. The Hall–Kier alpha value is -4.64. The molecule has 1 atom stereocenters. The van der Waals surface area contributed by atoms with E-state index in [1.165, 1.54) is 0 Å². The molecule has 0 fully saturated rings. The molecule has 212 valence electrons. The van der Waals surface area contributed by atoms with E-state index in [4.69, 9.17) is 29.6 Å². The molecule has 4 aromatic rings. The number of hydrogen-bond donors (Lipinski definition) is 0. The first-order valence-corrected chi connectivity index (χ1v) is 13.8. The average molecular weight is 553 g/mol. The van der Waals surface area contributed by atoms with Crippen LogP contribution in [0.3, 0.4) is 0 Å². The van der Waals surface area contributed by atoms with Crippen LogP contribution in [0.2, 0.25) is 0 Å². The third kappa shape index (κ3) is 6.93. The zero-order valence-corrected chi connectivity index (χ0v) is 24.3. The number of pyridine rings is 1. The van der Waals surface area contributed by atoms with Gasteiger partial charge in [0.2, 0.25) is 0 Å². The van der Waals surface area contributed by atoms with Crippen LogP contribution in [0.5, 0.6) is 11.5 Å². The van der Waals surface area contributed by atoms with Gasteiger partial charge in [-0.2, -0.15) is 10.4 Å². The van der Waals surface area contributed by atoms with Crippen LogP contribution in [0, 0.1) is 25.2 Å². The first-order chi connectivity index (χ1) is 19.7. The van der Waals surface area contributed by atoms with E-state index >= 15 is 0 Å². The van der Waals surface area contributed by atoms with Crippen LogP contribution in [0.25, 0.3) is 16.8 Å². The van der Waals surface area contributed by atoms with Crippen molar-refractivity contribution in [2.75, 3.05) is 13.2 Å². The SMILES string of the molecule is C=C[C@@H](CC(=O)OCC)c1ccc(OCc2cc(-c3c(C)cc(OCC#N)cc3C)c3nc(C(C)C)nn3c2)cc1. The second-order valence-corrected chi connectivity index (χ2v) is 10.2. The largest absolute Gasteiger partial charge is 0.489 e. The summed E-state index contributed by atoms with van der Waals surface area (Å²) in [5.74, 6) is 1.94. The maximum atomic E-state index is 12.0. The molecule has 0 aliphatic carbocycles. The Morgan fingerprint density at radius 2 is 1.80 bits per heavy atom. The van der Waals surface area contributed by atoms with Gasteiger partial charge in [-0.1, -0.05) is 32.1 Å². The van der Waals surface area contributed by atoms with E-state index in [0.29, 0.717) is 24.7 Å². The second kappa shape index (κ2) is 13.1. The third-order valence-corrected chi connectivity index (χ3v) is 6.79. The van der Waals surface area contributed by atoms with Gasteiger partial charge in [0.1, 0.15) is 24.2 Å². The normalized spacial score (nSPS) is 11.7. The molecule has 0 aliphatic heterocycles. The summed E-state index contributed by atoms with van der Waals surface area (Å²) in [6, 6.07) is 15.7. The first-order valence-electron chi connectivity index (χ1n) is 13.8. The fourth-order valence-electron chi connectivity index (χ4n) is 4.83. The molecule has 2 aromatic carbocycles. The maximum Gasteiger partial charge on any atom is 0.306 e. The molecule has 0 aliphatic rings. The van der Waals surface area contributed by atoms with Crippen LogP contribution in [0.4, 0.5) is 0 Å². The minimum atomic E-state index is -0.243. The maximum absolute atomic E-state index is 12.0. The Morgan fingerprint density at radius 3 is 2.41 bits per heavy atom. The summed E-state index contributed by atoms with van der Waals surface area (Å²) in [4.78, 5) is 16.8. The van der Waals surface area contributed by atoms with Crippen LogP contribution in [-0.4, -0.2) is 33.8 Å². The molecule has 4 rings (SSSR count). The van der Waals surface area contributed by atoms with Gasteiger partial charge in [-0.05, 0) is 73.4 Å². The number of fused-ring (bicyclic) bond motifs is 1. The van der Waals surface area contributed by atoms with Crippen molar-refractivity contribution in [2.45, 2.75) is 59.5 Å². The number of carbonyl (C=O) groups excluding carboxylic acids is 1. The Balaban J connectivity index is 1.62. The molecule has 8 heteroatoms. The number of ether oxygens (including phenoxy) is 3. The van der Waals surface area contributed by atoms with Gasteiger partial charge < -0.3 is 14.2 Å². The highest BCUT2D eigenvalue weighted by atomic mass is 16.5. The Bertz CT molecular complexity index is 1560. The lowest BCUT2D eigenvalue weighted by Crippen LogP contribution is -2.09. The fourth-order valence-corrected chi connectivity index (χ4v) is 4.83. The van der Waals surface area contributed by atoms with Crippen LogP contribution in [0.15, 0.2) is 61.3 Å². The van der Waals surface area contributed by atoms with Crippen LogP contribution < -0.4 is 9.47 Å². The van der Waals surface area contributed by atoms with Crippen LogP contribution >= 0.6 is 0 Å². The topological polar surface area (TPSA) is 98.7 Å². The van der Waals surface area contributed by atoms with E-state index in [0.717, 1.165) is 44.9 Å². The van der Waals surface area contributed by atoms with Gasteiger partial charge in [0, 0.05) is 29.2 Å². The molecule has 0 unspecified atom stereocenters. The summed E-state index contributed by atoms with van der Waals surface area (Å²) in [5, 5.41) is 13.7. The predicted molar refractivity (Wildman–Crippen MR) is 158 cm³/mol. The van der Waals surface area contributed by atoms with Gasteiger partial charge in [-0.15, -0.1) is 6.58 Å². The van der Waals surface area contributed by atoms with Crippen LogP contribution in [-0.2, 0) is 16.1 Å². The number of rotatable bonds is 12. The van der Waals surface area contributed by atoms with Crippen molar-refractivity contribution in [3.63, 3.8) is 0 Å². The van der Waals surface area contributed by atoms with Gasteiger partial charge in [-0.3, -0.25) is 4.79 Å². The number of aryl methyl sites for hydroxylation is 2. The number of nitriles is 1. The van der Waals surface area contributed by atoms with Gasteiger partial charge in [0.25, 0.3) is 0 Å². The zero-order valence-electron chi connectivity index (χ0n) is 24.3. The monoisotopic (exact) mass is 552 g/mol. The second-order valence-electron chi connectivity index (χ2n) is 10.2. The molecular weight excluding hydrogens is 516 g/mol. The summed E-state index contributed by atoms with van der Waals surface area (Å²) < 4.78 is 18.6. The Kier molecular flexibility index (Phi) is 9.41. The summed E-state index contributed by atoms with van der Waals surface area (Å²) in [5.41, 5.74) is 6.72. The Labute approximate surface area is 241 Å². The number of nitrogens with zero attached hydrogens (tertiary/aromatic N) is 4. The molecule has 0 amide bonds. The minimum absolute atomic E-state index is 0.00214. The molecule has 0 N–H and O–H groups in total. The summed E-state index contributed by atoms with van der Waals surface area (Å²) in [6.07, 6.45) is 3.97. The lowest BCUT2D eigenvalue weighted by atomic mass is 9.95. The third-order valence-electron chi connectivity index (χ3n) is 6.79. The molecule has 0 bridgehead atoms. The number of hydrogen-bond acceptors (Lipinski definition) is 7. The van der Waals surface area contributed by atoms with E-state index < -0.39 is 0 Å². The molecule has 2 heterocycles. The van der Waals surface area contributed by atoms with Crippen molar-refractivity contribution in [1.29, 1.82) is 5.26 Å². The summed E-state index contributed by atoms with van der Waals surface area (Å²) in [7, 11) is 0. The fraction of sp³-hybridized carbons (Fsp3) is 0.333. The summed E-state index contributed by atoms with van der Waals surface area (Å²) >= 11 is 0. The highest BCUT2D eigenvalue weighted by Gasteiger charge is 2.18. The molecule has 8 nitrogen and oxygen atoms in total. The highest BCUT2D eigenvalue weighted by molar-refractivity contribution is 5.82. The van der Waals surface area contributed by atoms with E-state index in [1.807, 2.05) is 67.0 Å². The van der Waals surface area contributed by atoms with Crippen molar-refractivity contribution in [3.8, 4) is 28.7 Å². The van der Waals surface area contributed by atoms with Gasteiger partial charge in [-0.25, -0.2) is 9.50 Å². The van der Waals surface area contributed by atoms with Gasteiger partial charge in [0.15, 0.2) is 18.1 Å². The van der Waals surface area contributed by atoms with Crippen molar-refractivity contribution in [2.24, 2.45) is 0 Å². The molecule has 0 saturated carbocycles. The summed E-state index contributed by atoms with van der Waals surface area (Å²) in [6.45, 7) is 14.6. The van der Waals surface area contributed by atoms with Crippen molar-refractivity contribution >= 4 is 11.6 Å². The molecule has 41 heavy (non-hydrogen) atoms. The lowest BCUT2D eigenvalue weighted by Gasteiger charge is -2.15. The van der Waals surface area contributed by atoms with Crippen LogP contribution in [0.1, 0.15) is 67.1 Å². The molecule has 2 aromatic heterocycles. The zero-order chi connectivity index (χ0) is 29.5. The van der Waals surface area contributed by atoms with E-state index in [-0.39, 0.29) is 30.8 Å². The van der Waals surface area contributed by atoms with Crippen molar-refractivity contribution < 1.29 is 19.0 Å². The molecule has 0 radical (unpaired) electrons. The quantitative estimate of drug-likeness (QED) is 0.140. The van der Waals surface area contributed by atoms with E-state index in [2.05, 4.69) is 26.5 Å². The van der Waals surface area contributed by atoms with E-state index in [1.54, 1.807) is 13.0 Å². The number of allylic oxidation sites excluding steroid dienone is 1. The smallest absolute Gasteiger partial charge is 0.306 e. The van der Waals surface area contributed by atoms with Crippen molar-refractivity contribution in [1.82, 2.24) is 14.6 Å². The average Bonchev–Trinajstić information content (AvgIpc) is 3.39. The molecular formula is C33H36N4O4. The minimum Gasteiger partial charge on any atom is -0.489 e. The standard InChI is InChI=1S/C33H36N4O4/c1-7-25(18-30(38)39-8-2)26-9-11-27(12-10-26)41-20-24-17-29(33-35-32(21(3)4)36-37(33)19-24)31-22(5)15-28(16-23(31)6)40-14-13-34/h7,9-12,15-17,19,21,25H,1,8,14,18,20H2,2-6H3/t25-/m0/s1. The lowest BCUT2D eigenvalue weighted by molar-refractivity contribution is -0.143. The first kappa shape index (κ1) is 29.3. The predicted octanol–water partition coefficient (Wildman–Crippen LogP) is 6.84. The van der Waals surface area contributed by atoms with Gasteiger partial charge >= 0.3 is 5.97 Å². The van der Waals surface area contributed by atoms with Gasteiger partial charge in [0.05, 0.1) is 13.0 Å². The number of aromatic nitrogens is 3. The van der Waals surface area contributed by atoms with E-state index in [9.17, 15) is 4.79 Å².